The normalized spacial score (nSPS) is 11.9. The zero-order valence-electron chi connectivity index (χ0n) is 11.5. The Morgan fingerprint density at radius 3 is 2.32 bits per heavy atom. The predicted octanol–water partition coefficient (Wildman–Crippen LogP) is 2.02. The minimum atomic E-state index is -0.893. The Kier molecular flexibility index (Phi) is 6.06. The Bertz CT molecular complexity index is 426. The lowest BCUT2D eigenvalue weighted by molar-refractivity contribution is -0.141. The first kappa shape index (κ1) is 15.2. The van der Waals surface area contributed by atoms with E-state index in [9.17, 15) is 9.59 Å². The summed E-state index contributed by atoms with van der Waals surface area (Å²) in [6, 6.07) is 8.21. The number of carbonyl (C=O) groups excluding carboxylic acids is 1. The molecule has 1 aromatic carbocycles. The largest absolute Gasteiger partial charge is 0.481 e. The molecule has 2 N–H and O–H groups in total. The molecule has 0 saturated heterocycles. The first-order chi connectivity index (χ1) is 9.02. The van der Waals surface area contributed by atoms with Gasteiger partial charge in [-0.3, -0.25) is 9.59 Å². The summed E-state index contributed by atoms with van der Waals surface area (Å²) in [5.41, 5.74) is 2.40. The van der Waals surface area contributed by atoms with Crippen molar-refractivity contribution in [2.75, 3.05) is 6.54 Å². The first-order valence-corrected chi connectivity index (χ1v) is 6.60. The molecule has 0 aliphatic carbocycles. The lowest BCUT2D eigenvalue weighted by Gasteiger charge is -2.08. The molecule has 4 heteroatoms. The van der Waals surface area contributed by atoms with Crippen LogP contribution in [0.25, 0.3) is 0 Å². The number of carboxylic acid groups (broad SMARTS) is 1. The lowest BCUT2D eigenvalue weighted by atomic mass is 10.1. The topological polar surface area (TPSA) is 66.4 Å². The second-order valence-corrected chi connectivity index (χ2v) is 4.71. The number of carboxylic acids is 1. The molecule has 0 radical (unpaired) electrons. The van der Waals surface area contributed by atoms with Crippen molar-refractivity contribution in [1.29, 1.82) is 0 Å². The van der Waals surface area contributed by atoms with Crippen LogP contribution in [0.2, 0.25) is 0 Å². The van der Waals surface area contributed by atoms with Crippen molar-refractivity contribution in [2.45, 2.75) is 33.1 Å². The van der Waals surface area contributed by atoms with Crippen LogP contribution in [0.3, 0.4) is 0 Å². The zero-order chi connectivity index (χ0) is 14.3. The number of hydrogen-bond acceptors (Lipinski definition) is 2. The van der Waals surface area contributed by atoms with Crippen LogP contribution in [0.4, 0.5) is 0 Å². The molecule has 1 rings (SSSR count). The lowest BCUT2D eigenvalue weighted by Crippen LogP contribution is -2.31. The van der Waals surface area contributed by atoms with E-state index in [1.54, 1.807) is 6.92 Å². The van der Waals surface area contributed by atoms with E-state index < -0.39 is 11.9 Å². The van der Waals surface area contributed by atoms with Crippen LogP contribution in [0.5, 0.6) is 0 Å². The highest BCUT2D eigenvalue weighted by atomic mass is 16.4. The molecule has 0 bridgehead atoms. The Morgan fingerprint density at radius 2 is 1.79 bits per heavy atom. The fourth-order valence-electron chi connectivity index (χ4n) is 1.64. The average molecular weight is 263 g/mol. The van der Waals surface area contributed by atoms with E-state index in [1.807, 2.05) is 12.1 Å². The van der Waals surface area contributed by atoms with E-state index >= 15 is 0 Å². The average Bonchev–Trinajstić information content (AvgIpc) is 2.42. The van der Waals surface area contributed by atoms with Gasteiger partial charge < -0.3 is 10.4 Å². The third-order valence-electron chi connectivity index (χ3n) is 3.10. The van der Waals surface area contributed by atoms with Crippen LogP contribution >= 0.6 is 0 Å². The molecule has 1 aromatic rings. The van der Waals surface area contributed by atoms with Gasteiger partial charge in [-0.15, -0.1) is 0 Å². The Balaban J connectivity index is 2.31. The van der Waals surface area contributed by atoms with Crippen molar-refractivity contribution < 1.29 is 14.7 Å². The summed E-state index contributed by atoms with van der Waals surface area (Å²) in [5.74, 6) is -1.55. The molecule has 104 valence electrons. The van der Waals surface area contributed by atoms with Crippen molar-refractivity contribution >= 4 is 11.9 Å². The van der Waals surface area contributed by atoms with Crippen molar-refractivity contribution in [2.24, 2.45) is 5.92 Å². The standard InChI is InChI=1S/C15H21NO3/c1-3-12-4-6-13(7-5-12)8-9-14(17)16-10-11(2)15(18)19/h4-7,11H,3,8-10H2,1-2H3,(H,16,17)(H,18,19). The molecule has 1 unspecified atom stereocenters. The van der Waals surface area contributed by atoms with E-state index in [1.165, 1.54) is 5.56 Å². The van der Waals surface area contributed by atoms with Gasteiger partial charge in [0.05, 0.1) is 5.92 Å². The highest BCUT2D eigenvalue weighted by Crippen LogP contribution is 2.07. The molecule has 0 saturated carbocycles. The Morgan fingerprint density at radius 1 is 1.21 bits per heavy atom. The molecule has 1 atom stereocenters. The molecular formula is C15H21NO3. The highest BCUT2D eigenvalue weighted by molar-refractivity contribution is 5.77. The van der Waals surface area contributed by atoms with Gasteiger partial charge in [0.15, 0.2) is 0 Å². The maximum absolute atomic E-state index is 11.6. The molecule has 0 heterocycles. The number of aliphatic carboxylic acids is 1. The Labute approximate surface area is 113 Å². The molecule has 0 fully saturated rings. The maximum atomic E-state index is 11.6. The van der Waals surface area contributed by atoms with Gasteiger partial charge in [-0.2, -0.15) is 0 Å². The van der Waals surface area contributed by atoms with E-state index in [2.05, 4.69) is 24.4 Å². The molecule has 4 nitrogen and oxygen atoms in total. The van der Waals surface area contributed by atoms with E-state index in [-0.39, 0.29) is 12.5 Å². The monoisotopic (exact) mass is 263 g/mol. The molecular weight excluding hydrogens is 242 g/mol. The summed E-state index contributed by atoms with van der Waals surface area (Å²) in [5, 5.41) is 11.3. The summed E-state index contributed by atoms with van der Waals surface area (Å²) in [4.78, 5) is 22.2. The zero-order valence-corrected chi connectivity index (χ0v) is 11.5. The molecule has 0 aliphatic rings. The molecule has 19 heavy (non-hydrogen) atoms. The van der Waals surface area contributed by atoms with Crippen molar-refractivity contribution in [3.63, 3.8) is 0 Å². The molecule has 0 aliphatic heterocycles. The third-order valence-corrected chi connectivity index (χ3v) is 3.10. The molecule has 0 spiro atoms. The second kappa shape index (κ2) is 7.56. The Hall–Kier alpha value is -1.84. The van der Waals surface area contributed by atoms with Crippen LogP contribution < -0.4 is 5.32 Å². The maximum Gasteiger partial charge on any atom is 0.308 e. The summed E-state index contributed by atoms with van der Waals surface area (Å²) >= 11 is 0. The van der Waals surface area contributed by atoms with Crippen molar-refractivity contribution in [3.05, 3.63) is 35.4 Å². The highest BCUT2D eigenvalue weighted by Gasteiger charge is 2.11. The van der Waals surface area contributed by atoms with Gasteiger partial charge in [-0.1, -0.05) is 38.1 Å². The number of rotatable bonds is 7. The van der Waals surface area contributed by atoms with Gasteiger partial charge in [0.25, 0.3) is 0 Å². The summed E-state index contributed by atoms with van der Waals surface area (Å²) in [6.45, 7) is 3.86. The van der Waals surface area contributed by atoms with Crippen molar-refractivity contribution in [3.8, 4) is 0 Å². The number of amides is 1. The number of nitrogens with one attached hydrogen (secondary N) is 1. The van der Waals surface area contributed by atoms with Crippen LogP contribution in [-0.2, 0) is 22.4 Å². The van der Waals surface area contributed by atoms with Crippen LogP contribution in [0, 0.1) is 5.92 Å². The number of aryl methyl sites for hydroxylation is 2. The SMILES string of the molecule is CCc1ccc(CCC(=O)NCC(C)C(=O)O)cc1. The van der Waals surface area contributed by atoms with Crippen molar-refractivity contribution in [1.82, 2.24) is 5.32 Å². The van der Waals surface area contributed by atoms with Crippen LogP contribution in [-0.4, -0.2) is 23.5 Å². The fraction of sp³-hybridized carbons (Fsp3) is 0.467. The van der Waals surface area contributed by atoms with Gasteiger partial charge in [-0.25, -0.2) is 0 Å². The third kappa shape index (κ3) is 5.55. The van der Waals surface area contributed by atoms with Gasteiger partial charge in [0, 0.05) is 13.0 Å². The predicted molar refractivity (Wildman–Crippen MR) is 74.0 cm³/mol. The minimum absolute atomic E-state index is 0.104. The second-order valence-electron chi connectivity index (χ2n) is 4.71. The molecule has 1 amide bonds. The van der Waals surface area contributed by atoms with Crippen LogP contribution in [0.1, 0.15) is 31.4 Å². The van der Waals surface area contributed by atoms with Gasteiger partial charge in [-0.05, 0) is 24.0 Å². The summed E-state index contributed by atoms with van der Waals surface area (Å²) in [6.07, 6.45) is 2.07. The quantitative estimate of drug-likeness (QED) is 0.791. The number of hydrogen-bond donors (Lipinski definition) is 2. The van der Waals surface area contributed by atoms with E-state index in [4.69, 9.17) is 5.11 Å². The number of benzene rings is 1. The number of carbonyl (C=O) groups is 2. The van der Waals surface area contributed by atoms with Gasteiger partial charge >= 0.3 is 5.97 Å². The first-order valence-electron chi connectivity index (χ1n) is 6.60. The van der Waals surface area contributed by atoms with Gasteiger partial charge in [0.2, 0.25) is 5.91 Å². The summed E-state index contributed by atoms with van der Waals surface area (Å²) < 4.78 is 0. The van der Waals surface area contributed by atoms with Gasteiger partial charge in [0.1, 0.15) is 0 Å². The van der Waals surface area contributed by atoms with E-state index in [0.29, 0.717) is 12.8 Å². The smallest absolute Gasteiger partial charge is 0.308 e. The fourth-order valence-corrected chi connectivity index (χ4v) is 1.64. The van der Waals surface area contributed by atoms with E-state index in [0.717, 1.165) is 12.0 Å². The minimum Gasteiger partial charge on any atom is -0.481 e. The summed E-state index contributed by atoms with van der Waals surface area (Å²) in [7, 11) is 0. The van der Waals surface area contributed by atoms with Crippen LogP contribution in [0.15, 0.2) is 24.3 Å². The molecule has 0 aromatic heterocycles.